The minimum atomic E-state index is -1.07. The van der Waals surface area contributed by atoms with Crippen LogP contribution in [0, 0.1) is 0 Å². The van der Waals surface area contributed by atoms with E-state index in [9.17, 15) is 20.1 Å². The number of aliphatic hydroxyl groups excluding tert-OH is 1. The highest BCUT2D eigenvalue weighted by atomic mass is 16.4. The number of rotatable bonds is 14. The largest absolute Gasteiger partial charge is 0.507 e. The first-order chi connectivity index (χ1) is 12.6. The number of phenols is 1. The zero-order valence-electron chi connectivity index (χ0n) is 16.0. The van der Waals surface area contributed by atoms with Crippen LogP contribution in [0.2, 0.25) is 0 Å². The monoisotopic (exact) mass is 362 g/mol. The molecule has 0 radical (unpaired) electrons. The molecule has 0 aromatic heterocycles. The van der Waals surface area contributed by atoms with E-state index in [1.165, 1.54) is 18.9 Å². The van der Waals surface area contributed by atoms with E-state index in [1.807, 2.05) is 6.08 Å². The number of aryl methyl sites for hydroxylation is 1. The fourth-order valence-electron chi connectivity index (χ4n) is 3.10. The van der Waals surface area contributed by atoms with Crippen LogP contribution in [0.25, 0.3) is 0 Å². The third-order valence-corrected chi connectivity index (χ3v) is 4.62. The third-order valence-electron chi connectivity index (χ3n) is 4.62. The van der Waals surface area contributed by atoms with Crippen LogP contribution in [-0.2, 0) is 6.42 Å². The van der Waals surface area contributed by atoms with Crippen molar-refractivity contribution in [2.75, 3.05) is 0 Å². The van der Waals surface area contributed by atoms with Gasteiger partial charge in [0.05, 0.1) is 6.10 Å². The summed E-state index contributed by atoms with van der Waals surface area (Å²) in [5, 5.41) is 28.7. The molecule has 1 aromatic carbocycles. The molecule has 1 atom stereocenters. The Bertz CT molecular complexity index is 551. The van der Waals surface area contributed by atoms with Gasteiger partial charge in [-0.3, -0.25) is 0 Å². The summed E-state index contributed by atoms with van der Waals surface area (Å²) in [5.41, 5.74) is 0.743. The van der Waals surface area contributed by atoms with Crippen molar-refractivity contribution < 1.29 is 20.1 Å². The van der Waals surface area contributed by atoms with Crippen LogP contribution in [-0.4, -0.2) is 27.4 Å². The Morgan fingerprint density at radius 3 is 2.54 bits per heavy atom. The zero-order valence-corrected chi connectivity index (χ0v) is 16.0. The number of carboxylic acids is 1. The normalized spacial score (nSPS) is 12.5. The zero-order chi connectivity index (χ0) is 19.2. The van der Waals surface area contributed by atoms with Crippen molar-refractivity contribution in [1.82, 2.24) is 0 Å². The van der Waals surface area contributed by atoms with Crippen LogP contribution in [0.1, 0.15) is 87.1 Å². The van der Waals surface area contributed by atoms with Gasteiger partial charge in [-0.15, -0.1) is 0 Å². The van der Waals surface area contributed by atoms with E-state index in [0.717, 1.165) is 51.4 Å². The number of benzene rings is 1. The second-order valence-electron chi connectivity index (χ2n) is 6.91. The molecule has 1 unspecified atom stereocenters. The summed E-state index contributed by atoms with van der Waals surface area (Å²) in [7, 11) is 0. The first-order valence-electron chi connectivity index (χ1n) is 9.95. The Hall–Kier alpha value is -1.81. The van der Waals surface area contributed by atoms with Gasteiger partial charge in [-0.2, -0.15) is 0 Å². The molecule has 0 amide bonds. The topological polar surface area (TPSA) is 77.8 Å². The molecule has 146 valence electrons. The number of carboxylic acid groups (broad SMARTS) is 1. The van der Waals surface area contributed by atoms with Crippen molar-refractivity contribution in [3.05, 3.63) is 41.5 Å². The first-order valence-corrected chi connectivity index (χ1v) is 9.95. The predicted octanol–water partition coefficient (Wildman–Crippen LogP) is 5.47. The molecule has 0 bridgehead atoms. The summed E-state index contributed by atoms with van der Waals surface area (Å²) in [6, 6.07) is 4.89. The third kappa shape index (κ3) is 9.04. The Balaban J connectivity index is 2.12. The van der Waals surface area contributed by atoms with Gasteiger partial charge in [0.25, 0.3) is 0 Å². The molecule has 0 fully saturated rings. The molecule has 0 saturated heterocycles. The van der Waals surface area contributed by atoms with Gasteiger partial charge in [0.15, 0.2) is 0 Å². The number of aromatic hydroxyl groups is 1. The Kier molecular flexibility index (Phi) is 11.5. The van der Waals surface area contributed by atoms with Gasteiger partial charge in [0, 0.05) is 0 Å². The van der Waals surface area contributed by atoms with Gasteiger partial charge in [-0.1, -0.05) is 69.7 Å². The van der Waals surface area contributed by atoms with Crippen LogP contribution < -0.4 is 0 Å². The van der Waals surface area contributed by atoms with Gasteiger partial charge in [0.1, 0.15) is 11.3 Å². The second kappa shape index (κ2) is 13.4. The number of aliphatic hydroxyl groups is 1. The molecule has 0 aliphatic rings. The van der Waals surface area contributed by atoms with E-state index >= 15 is 0 Å². The average molecular weight is 363 g/mol. The quantitative estimate of drug-likeness (QED) is 0.303. The highest BCUT2D eigenvalue weighted by Gasteiger charge is 2.14. The van der Waals surface area contributed by atoms with E-state index in [2.05, 4.69) is 13.0 Å². The van der Waals surface area contributed by atoms with Crippen molar-refractivity contribution in [3.8, 4) is 5.75 Å². The summed E-state index contributed by atoms with van der Waals surface area (Å²) in [5.74, 6) is -1.22. The molecule has 0 saturated carbocycles. The van der Waals surface area contributed by atoms with Crippen molar-refractivity contribution in [3.63, 3.8) is 0 Å². The molecule has 4 nitrogen and oxygen atoms in total. The summed E-state index contributed by atoms with van der Waals surface area (Å²) < 4.78 is 0. The fraction of sp³-hybridized carbons (Fsp3) is 0.591. The van der Waals surface area contributed by atoms with E-state index in [4.69, 9.17) is 0 Å². The minimum Gasteiger partial charge on any atom is -0.507 e. The number of aromatic carboxylic acids is 1. The second-order valence-corrected chi connectivity index (χ2v) is 6.91. The Labute approximate surface area is 157 Å². The SMILES string of the molecule is CCCCCC(O)C=CCCCCCCCc1cccc(O)c1C(=O)O. The molecule has 26 heavy (non-hydrogen) atoms. The number of allylic oxidation sites excluding steroid dienone is 1. The molecule has 0 aliphatic heterocycles. The van der Waals surface area contributed by atoms with Crippen LogP contribution in [0.5, 0.6) is 5.75 Å². The molecule has 3 N–H and O–H groups in total. The lowest BCUT2D eigenvalue weighted by Gasteiger charge is -2.07. The predicted molar refractivity (Wildman–Crippen MR) is 106 cm³/mol. The van der Waals surface area contributed by atoms with Crippen LogP contribution >= 0.6 is 0 Å². The van der Waals surface area contributed by atoms with E-state index in [-0.39, 0.29) is 17.4 Å². The molecule has 0 spiro atoms. The summed E-state index contributed by atoms with van der Waals surface area (Å²) in [4.78, 5) is 11.2. The van der Waals surface area contributed by atoms with Crippen molar-refractivity contribution in [2.24, 2.45) is 0 Å². The minimum absolute atomic E-state index is 0.0372. The summed E-state index contributed by atoms with van der Waals surface area (Å²) >= 11 is 0. The van der Waals surface area contributed by atoms with Crippen LogP contribution in [0.3, 0.4) is 0 Å². The fourth-order valence-corrected chi connectivity index (χ4v) is 3.10. The van der Waals surface area contributed by atoms with E-state index < -0.39 is 5.97 Å². The summed E-state index contributed by atoms with van der Waals surface area (Å²) in [6.45, 7) is 2.16. The molecule has 0 heterocycles. The molecule has 1 rings (SSSR count). The van der Waals surface area contributed by atoms with E-state index in [1.54, 1.807) is 12.1 Å². The lowest BCUT2D eigenvalue weighted by atomic mass is 9.99. The summed E-state index contributed by atoms with van der Waals surface area (Å²) in [6.07, 6.45) is 15.1. The number of hydrogen-bond donors (Lipinski definition) is 3. The maximum atomic E-state index is 11.2. The standard InChI is InChI=1S/C22H34O4/c1-2-3-9-15-19(23)16-11-8-6-4-5-7-10-13-18-14-12-17-20(24)21(18)22(25)26/h11-12,14,16-17,19,23-24H,2-10,13,15H2,1H3,(H,25,26). The number of hydrogen-bond acceptors (Lipinski definition) is 3. The lowest BCUT2D eigenvalue weighted by Crippen LogP contribution is -2.03. The van der Waals surface area contributed by atoms with Gasteiger partial charge in [-0.25, -0.2) is 4.79 Å². The van der Waals surface area contributed by atoms with E-state index in [0.29, 0.717) is 12.0 Å². The Morgan fingerprint density at radius 1 is 1.08 bits per heavy atom. The maximum Gasteiger partial charge on any atom is 0.339 e. The van der Waals surface area contributed by atoms with Crippen LogP contribution in [0.15, 0.2) is 30.4 Å². The number of carbonyl (C=O) groups is 1. The molecular formula is C22H34O4. The number of unbranched alkanes of at least 4 members (excludes halogenated alkanes) is 7. The molecular weight excluding hydrogens is 328 g/mol. The van der Waals surface area contributed by atoms with Crippen molar-refractivity contribution >= 4 is 5.97 Å². The first kappa shape index (κ1) is 22.2. The van der Waals surface area contributed by atoms with Crippen molar-refractivity contribution in [1.29, 1.82) is 0 Å². The highest BCUT2D eigenvalue weighted by molar-refractivity contribution is 5.92. The average Bonchev–Trinajstić information content (AvgIpc) is 2.60. The molecule has 4 heteroatoms. The molecule has 0 aliphatic carbocycles. The van der Waals surface area contributed by atoms with Gasteiger partial charge in [-0.05, 0) is 43.7 Å². The van der Waals surface area contributed by atoms with Gasteiger partial charge < -0.3 is 15.3 Å². The van der Waals surface area contributed by atoms with Gasteiger partial charge >= 0.3 is 5.97 Å². The Morgan fingerprint density at radius 2 is 1.81 bits per heavy atom. The lowest BCUT2D eigenvalue weighted by molar-refractivity contribution is 0.0692. The maximum absolute atomic E-state index is 11.2. The van der Waals surface area contributed by atoms with Crippen molar-refractivity contribution in [2.45, 2.75) is 83.7 Å². The smallest absolute Gasteiger partial charge is 0.339 e. The highest BCUT2D eigenvalue weighted by Crippen LogP contribution is 2.23. The van der Waals surface area contributed by atoms with Crippen LogP contribution in [0.4, 0.5) is 0 Å². The van der Waals surface area contributed by atoms with Gasteiger partial charge in [0.2, 0.25) is 0 Å². The molecule has 1 aromatic rings.